The lowest BCUT2D eigenvalue weighted by Gasteiger charge is -2.33. The molecule has 1 fully saturated rings. The minimum atomic E-state index is -1.82. The van der Waals surface area contributed by atoms with E-state index in [2.05, 4.69) is 16.7 Å². The highest BCUT2D eigenvalue weighted by Crippen LogP contribution is 2.25. The Morgan fingerprint density at radius 3 is 2.20 bits per heavy atom. The Balaban J connectivity index is 0.000000450. The SMILES string of the molecule is CCN1CCN(CCOc2cc(C)ccc2Cl)CC1.O=C(O)C(=O)O. The fourth-order valence-corrected chi connectivity index (χ4v) is 2.51. The molecule has 140 valence electrons. The van der Waals surface area contributed by atoms with Crippen LogP contribution in [0.25, 0.3) is 0 Å². The Labute approximate surface area is 152 Å². The summed E-state index contributed by atoms with van der Waals surface area (Å²) in [7, 11) is 0. The van der Waals surface area contributed by atoms with Crippen molar-refractivity contribution >= 4 is 23.5 Å². The maximum Gasteiger partial charge on any atom is 0.414 e. The second-order valence-electron chi connectivity index (χ2n) is 5.67. The van der Waals surface area contributed by atoms with Crippen LogP contribution in [-0.2, 0) is 9.59 Å². The molecule has 0 bridgehead atoms. The molecule has 25 heavy (non-hydrogen) atoms. The first-order valence-electron chi connectivity index (χ1n) is 8.13. The normalized spacial score (nSPS) is 15.2. The number of carboxylic acid groups (broad SMARTS) is 2. The van der Waals surface area contributed by atoms with Crippen molar-refractivity contribution in [2.24, 2.45) is 0 Å². The highest BCUT2D eigenvalue weighted by Gasteiger charge is 2.15. The average molecular weight is 373 g/mol. The first-order chi connectivity index (χ1) is 11.8. The van der Waals surface area contributed by atoms with Gasteiger partial charge in [0.15, 0.2) is 0 Å². The van der Waals surface area contributed by atoms with Gasteiger partial charge in [-0.3, -0.25) is 4.90 Å². The number of halogens is 1. The van der Waals surface area contributed by atoms with Crippen LogP contribution in [-0.4, -0.2) is 77.8 Å². The lowest BCUT2D eigenvalue weighted by Crippen LogP contribution is -2.47. The summed E-state index contributed by atoms with van der Waals surface area (Å²) in [6.07, 6.45) is 0. The van der Waals surface area contributed by atoms with E-state index >= 15 is 0 Å². The van der Waals surface area contributed by atoms with Gasteiger partial charge in [-0.05, 0) is 31.2 Å². The number of likely N-dealkylation sites (N-methyl/N-ethyl adjacent to an activating group) is 1. The molecule has 0 radical (unpaired) electrons. The number of ether oxygens (including phenoxy) is 1. The van der Waals surface area contributed by atoms with Crippen LogP contribution in [0.1, 0.15) is 12.5 Å². The van der Waals surface area contributed by atoms with Crippen molar-refractivity contribution in [3.8, 4) is 5.75 Å². The zero-order valence-corrected chi connectivity index (χ0v) is 15.3. The average Bonchev–Trinajstić information content (AvgIpc) is 2.59. The first kappa shape index (κ1) is 21.2. The molecule has 0 amide bonds. The maximum absolute atomic E-state index is 9.10. The molecule has 2 N–H and O–H groups in total. The van der Waals surface area contributed by atoms with Gasteiger partial charge in [0.25, 0.3) is 0 Å². The number of benzene rings is 1. The first-order valence-corrected chi connectivity index (χ1v) is 8.51. The van der Waals surface area contributed by atoms with Crippen molar-refractivity contribution in [1.29, 1.82) is 0 Å². The third-order valence-electron chi connectivity index (χ3n) is 3.85. The van der Waals surface area contributed by atoms with E-state index in [1.165, 1.54) is 18.7 Å². The molecule has 0 aromatic heterocycles. The maximum atomic E-state index is 9.10. The Morgan fingerprint density at radius 2 is 1.68 bits per heavy atom. The summed E-state index contributed by atoms with van der Waals surface area (Å²) < 4.78 is 5.79. The molecule has 0 unspecified atom stereocenters. The number of piperazine rings is 1. The molecule has 8 heteroatoms. The summed E-state index contributed by atoms with van der Waals surface area (Å²) in [6, 6.07) is 5.89. The van der Waals surface area contributed by atoms with Crippen molar-refractivity contribution in [3.63, 3.8) is 0 Å². The van der Waals surface area contributed by atoms with Gasteiger partial charge in [0.2, 0.25) is 0 Å². The van der Waals surface area contributed by atoms with E-state index in [1.807, 2.05) is 25.1 Å². The number of nitrogens with zero attached hydrogens (tertiary/aromatic N) is 2. The van der Waals surface area contributed by atoms with E-state index in [0.717, 1.165) is 31.9 Å². The summed E-state index contributed by atoms with van der Waals surface area (Å²) in [5, 5.41) is 15.5. The Hall–Kier alpha value is -1.83. The number of hydrogen-bond donors (Lipinski definition) is 2. The molecule has 0 saturated carbocycles. The van der Waals surface area contributed by atoms with Gasteiger partial charge in [0.1, 0.15) is 12.4 Å². The summed E-state index contributed by atoms with van der Waals surface area (Å²) >= 11 is 6.11. The summed E-state index contributed by atoms with van der Waals surface area (Å²) in [5.41, 5.74) is 1.18. The molecule has 1 aromatic rings. The van der Waals surface area contributed by atoms with Crippen molar-refractivity contribution < 1.29 is 24.5 Å². The minimum Gasteiger partial charge on any atom is -0.491 e. The van der Waals surface area contributed by atoms with E-state index < -0.39 is 11.9 Å². The standard InChI is InChI=1S/C15H23ClN2O.C2H2O4/c1-3-17-6-8-18(9-7-17)10-11-19-15-12-13(2)4-5-14(15)16;3-1(4)2(5)6/h4-5,12H,3,6-11H2,1-2H3;(H,3,4)(H,5,6). The molecule has 1 aliphatic rings. The lowest BCUT2D eigenvalue weighted by molar-refractivity contribution is -0.159. The highest BCUT2D eigenvalue weighted by molar-refractivity contribution is 6.32. The fourth-order valence-electron chi connectivity index (χ4n) is 2.34. The molecular weight excluding hydrogens is 348 g/mol. The minimum absolute atomic E-state index is 0.696. The van der Waals surface area contributed by atoms with Gasteiger partial charge in [-0.25, -0.2) is 9.59 Å². The molecule has 1 saturated heterocycles. The van der Waals surface area contributed by atoms with Crippen molar-refractivity contribution in [2.75, 3.05) is 45.9 Å². The molecule has 1 aliphatic heterocycles. The monoisotopic (exact) mass is 372 g/mol. The van der Waals surface area contributed by atoms with Crippen LogP contribution in [0.4, 0.5) is 0 Å². The van der Waals surface area contributed by atoms with Crippen LogP contribution in [0.3, 0.4) is 0 Å². The molecular formula is C17H25ClN2O5. The predicted octanol–water partition coefficient (Wildman–Crippen LogP) is 1.82. The Morgan fingerprint density at radius 1 is 1.12 bits per heavy atom. The van der Waals surface area contributed by atoms with Gasteiger partial charge >= 0.3 is 11.9 Å². The molecule has 1 aromatic carbocycles. The second kappa shape index (κ2) is 10.9. The smallest absolute Gasteiger partial charge is 0.414 e. The Kier molecular flexibility index (Phi) is 9.26. The van der Waals surface area contributed by atoms with Crippen molar-refractivity contribution in [3.05, 3.63) is 28.8 Å². The van der Waals surface area contributed by atoms with Crippen LogP contribution in [0.15, 0.2) is 18.2 Å². The van der Waals surface area contributed by atoms with Gasteiger partial charge in [0.05, 0.1) is 5.02 Å². The number of aliphatic carboxylic acids is 2. The second-order valence-corrected chi connectivity index (χ2v) is 6.08. The number of carbonyl (C=O) groups is 2. The van der Waals surface area contributed by atoms with E-state index in [4.69, 9.17) is 36.1 Å². The Bertz CT molecular complexity index is 562. The fraction of sp³-hybridized carbons (Fsp3) is 0.529. The van der Waals surface area contributed by atoms with E-state index in [0.29, 0.717) is 11.6 Å². The summed E-state index contributed by atoms with van der Waals surface area (Å²) in [5.74, 6) is -2.85. The van der Waals surface area contributed by atoms with E-state index in [1.54, 1.807) is 0 Å². The molecule has 0 spiro atoms. The number of carboxylic acids is 2. The molecule has 1 heterocycles. The van der Waals surface area contributed by atoms with Crippen LogP contribution in [0.2, 0.25) is 5.02 Å². The topological polar surface area (TPSA) is 90.3 Å². The van der Waals surface area contributed by atoms with Crippen LogP contribution in [0.5, 0.6) is 5.75 Å². The molecule has 0 aliphatic carbocycles. The third kappa shape index (κ3) is 8.20. The van der Waals surface area contributed by atoms with Crippen LogP contribution >= 0.6 is 11.6 Å². The van der Waals surface area contributed by atoms with E-state index in [9.17, 15) is 0 Å². The zero-order chi connectivity index (χ0) is 18.8. The van der Waals surface area contributed by atoms with Gasteiger partial charge in [-0.15, -0.1) is 0 Å². The van der Waals surface area contributed by atoms with Gasteiger partial charge in [-0.2, -0.15) is 0 Å². The molecule has 7 nitrogen and oxygen atoms in total. The van der Waals surface area contributed by atoms with Gasteiger partial charge in [0, 0.05) is 32.7 Å². The lowest BCUT2D eigenvalue weighted by atomic mass is 10.2. The van der Waals surface area contributed by atoms with Crippen molar-refractivity contribution in [2.45, 2.75) is 13.8 Å². The highest BCUT2D eigenvalue weighted by atomic mass is 35.5. The molecule has 0 atom stereocenters. The largest absolute Gasteiger partial charge is 0.491 e. The number of rotatable bonds is 5. The quantitative estimate of drug-likeness (QED) is 0.762. The van der Waals surface area contributed by atoms with Gasteiger partial charge in [-0.1, -0.05) is 24.6 Å². The summed E-state index contributed by atoms with van der Waals surface area (Å²) in [6.45, 7) is 11.7. The van der Waals surface area contributed by atoms with Gasteiger partial charge < -0.3 is 19.8 Å². The zero-order valence-electron chi connectivity index (χ0n) is 14.6. The van der Waals surface area contributed by atoms with Crippen LogP contribution < -0.4 is 4.74 Å². The van der Waals surface area contributed by atoms with Crippen LogP contribution in [0, 0.1) is 6.92 Å². The van der Waals surface area contributed by atoms with Crippen molar-refractivity contribution in [1.82, 2.24) is 9.80 Å². The summed E-state index contributed by atoms with van der Waals surface area (Å²) in [4.78, 5) is 23.1. The number of hydrogen-bond acceptors (Lipinski definition) is 5. The van der Waals surface area contributed by atoms with E-state index in [-0.39, 0.29) is 0 Å². The third-order valence-corrected chi connectivity index (χ3v) is 4.16. The number of aryl methyl sites for hydroxylation is 1. The molecule has 2 rings (SSSR count). The predicted molar refractivity (Wildman–Crippen MR) is 95.5 cm³/mol.